The molecule has 2 aromatic carbocycles. The molecule has 0 bridgehead atoms. The van der Waals surface area contributed by atoms with E-state index >= 15 is 0 Å². The van der Waals surface area contributed by atoms with Crippen LogP contribution in [0, 0.1) is 0 Å². The van der Waals surface area contributed by atoms with Gasteiger partial charge in [-0.3, -0.25) is 4.79 Å². The molecule has 0 spiro atoms. The van der Waals surface area contributed by atoms with Crippen molar-refractivity contribution in [2.75, 3.05) is 0 Å². The van der Waals surface area contributed by atoms with Crippen LogP contribution in [-0.2, 0) is 4.79 Å². The van der Waals surface area contributed by atoms with Crippen molar-refractivity contribution >= 4 is 17.9 Å². The standard InChI is InChI=1S/C26H22N4O/c31-26-22(14-20-16-27-29(18-20)24-10-3-1-4-11-24)8-7-9-23(26)15-21-17-28-30(19-21)25-12-5-2-6-13-25/h1-6,10-19H,7-9H2/b22-14-,23-15-. The number of nitrogens with zero attached hydrogens (tertiary/aromatic N) is 4. The summed E-state index contributed by atoms with van der Waals surface area (Å²) in [6, 6.07) is 19.9. The molecule has 31 heavy (non-hydrogen) atoms. The summed E-state index contributed by atoms with van der Waals surface area (Å²) in [4.78, 5) is 13.1. The van der Waals surface area contributed by atoms with E-state index in [9.17, 15) is 4.79 Å². The highest BCUT2D eigenvalue weighted by Gasteiger charge is 2.21. The first kappa shape index (κ1) is 19.0. The van der Waals surface area contributed by atoms with Gasteiger partial charge in [-0.15, -0.1) is 0 Å². The second-order valence-corrected chi connectivity index (χ2v) is 7.63. The van der Waals surface area contributed by atoms with Gasteiger partial charge >= 0.3 is 0 Å². The lowest BCUT2D eigenvalue weighted by Crippen LogP contribution is -2.12. The molecule has 0 aliphatic heterocycles. The van der Waals surface area contributed by atoms with Gasteiger partial charge in [0.05, 0.1) is 23.8 Å². The summed E-state index contributed by atoms with van der Waals surface area (Å²) in [5, 5.41) is 8.86. The molecule has 0 N–H and O–H groups in total. The van der Waals surface area contributed by atoms with Crippen LogP contribution in [-0.4, -0.2) is 25.3 Å². The number of aromatic nitrogens is 4. The molecule has 0 unspecified atom stereocenters. The highest BCUT2D eigenvalue weighted by molar-refractivity contribution is 6.13. The van der Waals surface area contributed by atoms with Gasteiger partial charge in [-0.1, -0.05) is 36.4 Å². The van der Waals surface area contributed by atoms with Crippen LogP contribution < -0.4 is 0 Å². The Morgan fingerprint density at radius 1 is 0.677 bits per heavy atom. The third-order valence-electron chi connectivity index (χ3n) is 5.40. The number of para-hydroxylation sites is 2. The van der Waals surface area contributed by atoms with Crippen LogP contribution in [0.15, 0.2) is 96.6 Å². The van der Waals surface area contributed by atoms with Gasteiger partial charge in [-0.05, 0) is 55.7 Å². The predicted molar refractivity (Wildman–Crippen MR) is 122 cm³/mol. The first-order valence-corrected chi connectivity index (χ1v) is 10.4. The Morgan fingerprint density at radius 2 is 1.13 bits per heavy atom. The summed E-state index contributed by atoms with van der Waals surface area (Å²) in [6.45, 7) is 0. The van der Waals surface area contributed by atoms with E-state index < -0.39 is 0 Å². The van der Waals surface area contributed by atoms with Gasteiger partial charge in [0.15, 0.2) is 5.78 Å². The molecule has 2 aromatic heterocycles. The molecule has 1 saturated carbocycles. The average molecular weight is 406 g/mol. The molecule has 5 rings (SSSR count). The highest BCUT2D eigenvalue weighted by atomic mass is 16.1. The van der Waals surface area contributed by atoms with Crippen LogP contribution in [0.5, 0.6) is 0 Å². The lowest BCUT2D eigenvalue weighted by molar-refractivity contribution is -0.112. The predicted octanol–water partition coefficient (Wildman–Crippen LogP) is 5.28. The highest BCUT2D eigenvalue weighted by Crippen LogP contribution is 2.28. The summed E-state index contributed by atoms with van der Waals surface area (Å²) in [7, 11) is 0. The zero-order chi connectivity index (χ0) is 21.0. The number of allylic oxidation sites excluding steroid dienone is 2. The fraction of sp³-hybridized carbons (Fsp3) is 0.115. The van der Waals surface area contributed by atoms with Crippen molar-refractivity contribution in [3.05, 3.63) is 108 Å². The van der Waals surface area contributed by atoms with E-state index in [2.05, 4.69) is 10.2 Å². The van der Waals surface area contributed by atoms with Gasteiger partial charge in [0.25, 0.3) is 0 Å². The zero-order valence-corrected chi connectivity index (χ0v) is 17.1. The number of benzene rings is 2. The van der Waals surface area contributed by atoms with Crippen molar-refractivity contribution in [3.8, 4) is 11.4 Å². The molecule has 4 aromatic rings. The fourth-order valence-corrected chi connectivity index (χ4v) is 3.85. The lowest BCUT2D eigenvalue weighted by atomic mass is 9.87. The molecular weight excluding hydrogens is 384 g/mol. The van der Waals surface area contributed by atoms with Gasteiger partial charge in [0.1, 0.15) is 0 Å². The summed E-state index contributed by atoms with van der Waals surface area (Å²) in [5.41, 5.74) is 5.54. The molecule has 5 heteroatoms. The Hall–Kier alpha value is -3.99. The normalized spacial score (nSPS) is 16.8. The molecule has 2 heterocycles. The Kier molecular flexibility index (Phi) is 5.15. The molecule has 1 aliphatic carbocycles. The zero-order valence-electron chi connectivity index (χ0n) is 17.1. The Labute approximate surface area is 181 Å². The molecule has 5 nitrogen and oxygen atoms in total. The number of ketones is 1. The van der Waals surface area contributed by atoms with Gasteiger partial charge in [-0.25, -0.2) is 9.36 Å². The SMILES string of the molecule is O=C1/C(=C\c2cnn(-c3ccccc3)c2)CCC/C1=C/c1cnn(-c2ccccc2)c1. The fourth-order valence-electron chi connectivity index (χ4n) is 3.85. The minimum absolute atomic E-state index is 0.117. The van der Waals surface area contributed by atoms with Gasteiger partial charge in [0, 0.05) is 34.7 Å². The molecule has 152 valence electrons. The van der Waals surface area contributed by atoms with Crippen molar-refractivity contribution in [3.63, 3.8) is 0 Å². The van der Waals surface area contributed by atoms with E-state index in [0.29, 0.717) is 0 Å². The van der Waals surface area contributed by atoms with Crippen molar-refractivity contribution < 1.29 is 4.79 Å². The number of Topliss-reactive ketones (excluding diaryl/α,β-unsaturated/α-hetero) is 1. The molecule has 0 atom stereocenters. The third-order valence-corrected chi connectivity index (χ3v) is 5.40. The minimum Gasteiger partial charge on any atom is -0.289 e. The van der Waals surface area contributed by atoms with E-state index in [1.807, 2.05) is 94.6 Å². The van der Waals surface area contributed by atoms with Crippen molar-refractivity contribution in [2.45, 2.75) is 19.3 Å². The van der Waals surface area contributed by atoms with E-state index in [1.165, 1.54) is 0 Å². The molecule has 0 saturated heterocycles. The number of hydrogen-bond acceptors (Lipinski definition) is 3. The molecule has 1 fully saturated rings. The smallest absolute Gasteiger partial charge is 0.185 e. The summed E-state index contributed by atoms with van der Waals surface area (Å²) < 4.78 is 3.66. The first-order chi connectivity index (χ1) is 15.3. The van der Waals surface area contributed by atoms with Crippen molar-refractivity contribution in [1.82, 2.24) is 19.6 Å². The summed E-state index contributed by atoms with van der Waals surface area (Å²) in [5.74, 6) is 0.117. The number of rotatable bonds is 4. The largest absolute Gasteiger partial charge is 0.289 e. The third kappa shape index (κ3) is 4.16. The van der Waals surface area contributed by atoms with Crippen molar-refractivity contribution in [2.24, 2.45) is 0 Å². The second-order valence-electron chi connectivity index (χ2n) is 7.63. The molecule has 0 amide bonds. The van der Waals surface area contributed by atoms with E-state index in [4.69, 9.17) is 0 Å². The van der Waals surface area contributed by atoms with E-state index in [1.54, 1.807) is 12.4 Å². The van der Waals surface area contributed by atoms with Crippen LogP contribution in [0.4, 0.5) is 0 Å². The van der Waals surface area contributed by atoms with Crippen LogP contribution in [0.25, 0.3) is 23.5 Å². The number of hydrogen-bond donors (Lipinski definition) is 0. The minimum atomic E-state index is 0.117. The van der Waals surface area contributed by atoms with Crippen LogP contribution in [0.2, 0.25) is 0 Å². The first-order valence-electron chi connectivity index (χ1n) is 10.4. The maximum absolute atomic E-state index is 13.1. The maximum atomic E-state index is 13.1. The molecule has 0 radical (unpaired) electrons. The van der Waals surface area contributed by atoms with Crippen LogP contribution in [0.1, 0.15) is 30.4 Å². The molecular formula is C26H22N4O. The molecule has 1 aliphatic rings. The monoisotopic (exact) mass is 406 g/mol. The Balaban J connectivity index is 1.37. The average Bonchev–Trinajstić information content (AvgIpc) is 3.48. The quantitative estimate of drug-likeness (QED) is 0.434. The van der Waals surface area contributed by atoms with Gasteiger partial charge in [0.2, 0.25) is 0 Å². The van der Waals surface area contributed by atoms with Gasteiger partial charge in [-0.2, -0.15) is 10.2 Å². The topological polar surface area (TPSA) is 52.7 Å². The Morgan fingerprint density at radius 3 is 1.58 bits per heavy atom. The van der Waals surface area contributed by atoms with Gasteiger partial charge < -0.3 is 0 Å². The van der Waals surface area contributed by atoms with E-state index in [0.717, 1.165) is 52.9 Å². The second kappa shape index (κ2) is 8.40. The number of carbonyl (C=O) groups excluding carboxylic acids is 1. The lowest BCUT2D eigenvalue weighted by Gasteiger charge is -2.16. The summed E-state index contributed by atoms with van der Waals surface area (Å²) >= 11 is 0. The van der Waals surface area contributed by atoms with Crippen LogP contribution in [0.3, 0.4) is 0 Å². The van der Waals surface area contributed by atoms with E-state index in [-0.39, 0.29) is 5.78 Å². The van der Waals surface area contributed by atoms with Crippen molar-refractivity contribution in [1.29, 1.82) is 0 Å². The number of carbonyl (C=O) groups is 1. The maximum Gasteiger partial charge on any atom is 0.185 e. The summed E-state index contributed by atoms with van der Waals surface area (Å²) in [6.07, 6.45) is 14.0. The van der Waals surface area contributed by atoms with Crippen LogP contribution >= 0.6 is 0 Å². The Bertz CT molecular complexity index is 1170.